The molecule has 164 valence electrons. The van der Waals surface area contributed by atoms with Crippen molar-refractivity contribution in [2.45, 2.75) is 6.61 Å². The Balaban J connectivity index is 1.28. The van der Waals surface area contributed by atoms with Gasteiger partial charge in [0.25, 0.3) is 5.91 Å². The Morgan fingerprint density at radius 1 is 0.906 bits per heavy atom. The van der Waals surface area contributed by atoms with Crippen molar-refractivity contribution in [3.63, 3.8) is 0 Å². The molecule has 3 aromatic rings. The number of benzene rings is 3. The van der Waals surface area contributed by atoms with Crippen LogP contribution in [0.25, 0.3) is 6.08 Å². The van der Waals surface area contributed by atoms with E-state index in [0.717, 1.165) is 38.3 Å². The Bertz CT molecular complexity index is 1060. The first kappa shape index (κ1) is 22.1. The number of carbonyl (C=O) groups is 1. The average molecular weight is 447 g/mol. The molecule has 1 heterocycles. The summed E-state index contributed by atoms with van der Waals surface area (Å²) in [5.41, 5.74) is 2.78. The first-order chi connectivity index (χ1) is 15.7. The van der Waals surface area contributed by atoms with Crippen molar-refractivity contribution in [1.29, 1.82) is 0 Å². The summed E-state index contributed by atoms with van der Waals surface area (Å²) in [6.07, 6.45) is 4.33. The molecule has 0 bridgehead atoms. The molecule has 0 aromatic heterocycles. The van der Waals surface area contributed by atoms with Gasteiger partial charge in [-0.2, -0.15) is 0 Å². The van der Waals surface area contributed by atoms with Crippen LogP contribution in [0.2, 0.25) is 5.02 Å². The molecule has 1 saturated heterocycles. The van der Waals surface area contributed by atoms with E-state index in [2.05, 4.69) is 29.2 Å². The Kier molecular flexibility index (Phi) is 7.59. The summed E-state index contributed by atoms with van der Waals surface area (Å²) < 4.78 is 5.88. The number of piperazine rings is 1. The maximum Gasteiger partial charge on any atom is 0.254 e. The maximum atomic E-state index is 13.0. The largest absolute Gasteiger partial charge is 0.489 e. The lowest BCUT2D eigenvalue weighted by molar-refractivity contribution is 0.0650. The highest BCUT2D eigenvalue weighted by molar-refractivity contribution is 6.31. The van der Waals surface area contributed by atoms with Crippen LogP contribution in [0.4, 0.5) is 0 Å². The molecule has 1 fully saturated rings. The molecule has 0 saturated carbocycles. The van der Waals surface area contributed by atoms with Gasteiger partial charge in [-0.3, -0.25) is 9.69 Å². The second-order valence-electron chi connectivity index (χ2n) is 7.81. The number of nitrogens with zero attached hydrogens (tertiary/aromatic N) is 2. The summed E-state index contributed by atoms with van der Waals surface area (Å²) in [5, 5.41) is 0.677. The van der Waals surface area contributed by atoms with E-state index in [4.69, 9.17) is 16.3 Å². The fraction of sp³-hybridized carbons (Fsp3) is 0.222. The van der Waals surface area contributed by atoms with Gasteiger partial charge in [0.1, 0.15) is 12.4 Å². The molecule has 4 rings (SSSR count). The summed E-state index contributed by atoms with van der Waals surface area (Å²) in [6.45, 7) is 4.45. The number of halogens is 1. The molecular weight excluding hydrogens is 420 g/mol. The van der Waals surface area contributed by atoms with E-state index in [0.29, 0.717) is 22.9 Å². The highest BCUT2D eigenvalue weighted by Crippen LogP contribution is 2.20. The number of rotatable bonds is 7. The molecular formula is C27H27ClN2O2. The standard InChI is InChI=1S/C27H27ClN2O2/c28-26-14-5-4-11-24(26)21-32-25-13-6-12-23(20-25)27(31)30-18-16-29(17-19-30)15-7-10-22-8-2-1-3-9-22/h1-14,20H,15-19,21H2/b10-7+. The van der Waals surface area contributed by atoms with E-state index < -0.39 is 0 Å². The summed E-state index contributed by atoms with van der Waals surface area (Å²) >= 11 is 6.20. The van der Waals surface area contributed by atoms with Crippen LogP contribution in [0.5, 0.6) is 5.75 Å². The van der Waals surface area contributed by atoms with E-state index in [1.807, 2.05) is 71.6 Å². The molecule has 1 aliphatic heterocycles. The monoisotopic (exact) mass is 446 g/mol. The van der Waals surface area contributed by atoms with E-state index in [9.17, 15) is 4.79 Å². The zero-order chi connectivity index (χ0) is 22.2. The molecule has 0 atom stereocenters. The van der Waals surface area contributed by atoms with E-state index in [-0.39, 0.29) is 5.91 Å². The van der Waals surface area contributed by atoms with Crippen LogP contribution < -0.4 is 4.74 Å². The number of hydrogen-bond donors (Lipinski definition) is 0. The Morgan fingerprint density at radius 3 is 2.44 bits per heavy atom. The van der Waals surface area contributed by atoms with Gasteiger partial charge in [0.05, 0.1) is 0 Å². The van der Waals surface area contributed by atoms with E-state index >= 15 is 0 Å². The molecule has 0 aliphatic carbocycles. The van der Waals surface area contributed by atoms with Crippen molar-refractivity contribution >= 4 is 23.6 Å². The predicted octanol–water partition coefficient (Wildman–Crippen LogP) is 5.39. The van der Waals surface area contributed by atoms with Crippen LogP contribution in [-0.4, -0.2) is 48.4 Å². The SMILES string of the molecule is O=C(c1cccc(OCc2ccccc2Cl)c1)N1CCN(C/C=C/c2ccccc2)CC1. The third kappa shape index (κ3) is 6.00. The second kappa shape index (κ2) is 11.0. The third-order valence-corrected chi connectivity index (χ3v) is 5.93. The van der Waals surface area contributed by atoms with Crippen molar-refractivity contribution in [2.75, 3.05) is 32.7 Å². The van der Waals surface area contributed by atoms with Crippen LogP contribution >= 0.6 is 11.6 Å². The summed E-state index contributed by atoms with van der Waals surface area (Å²) in [5.74, 6) is 0.716. The summed E-state index contributed by atoms with van der Waals surface area (Å²) in [6, 6.07) is 25.3. The smallest absolute Gasteiger partial charge is 0.254 e. The first-order valence-corrected chi connectivity index (χ1v) is 11.3. The van der Waals surface area contributed by atoms with Gasteiger partial charge < -0.3 is 9.64 Å². The van der Waals surface area contributed by atoms with Gasteiger partial charge in [0.15, 0.2) is 0 Å². The average Bonchev–Trinajstić information content (AvgIpc) is 2.84. The lowest BCUT2D eigenvalue weighted by Gasteiger charge is -2.34. The summed E-state index contributed by atoms with van der Waals surface area (Å²) in [4.78, 5) is 17.3. The summed E-state index contributed by atoms with van der Waals surface area (Å²) in [7, 11) is 0. The Labute approximate surface area is 194 Å². The quantitative estimate of drug-likeness (QED) is 0.487. The van der Waals surface area contributed by atoms with Gasteiger partial charge in [-0.15, -0.1) is 0 Å². The Hall–Kier alpha value is -3.08. The van der Waals surface area contributed by atoms with Crippen LogP contribution in [0.3, 0.4) is 0 Å². The molecule has 0 radical (unpaired) electrons. The van der Waals surface area contributed by atoms with Gasteiger partial charge >= 0.3 is 0 Å². The van der Waals surface area contributed by atoms with Crippen molar-refractivity contribution in [2.24, 2.45) is 0 Å². The molecule has 0 spiro atoms. The molecule has 5 heteroatoms. The lowest BCUT2D eigenvalue weighted by atomic mass is 10.1. The van der Waals surface area contributed by atoms with Crippen molar-refractivity contribution < 1.29 is 9.53 Å². The molecule has 4 nitrogen and oxygen atoms in total. The number of hydrogen-bond acceptors (Lipinski definition) is 3. The molecule has 1 aliphatic rings. The maximum absolute atomic E-state index is 13.0. The van der Waals surface area contributed by atoms with Gasteiger partial charge in [-0.05, 0) is 29.8 Å². The third-order valence-electron chi connectivity index (χ3n) is 5.57. The molecule has 0 unspecified atom stereocenters. The zero-order valence-corrected chi connectivity index (χ0v) is 18.7. The first-order valence-electron chi connectivity index (χ1n) is 10.9. The zero-order valence-electron chi connectivity index (χ0n) is 18.0. The minimum atomic E-state index is 0.0488. The minimum Gasteiger partial charge on any atom is -0.489 e. The van der Waals surface area contributed by atoms with Crippen LogP contribution in [0.1, 0.15) is 21.5 Å². The minimum absolute atomic E-state index is 0.0488. The highest BCUT2D eigenvalue weighted by Gasteiger charge is 2.21. The molecule has 0 N–H and O–H groups in total. The fourth-order valence-corrected chi connectivity index (χ4v) is 3.90. The molecule has 1 amide bonds. The normalized spacial score (nSPS) is 14.6. The predicted molar refractivity (Wildman–Crippen MR) is 130 cm³/mol. The lowest BCUT2D eigenvalue weighted by Crippen LogP contribution is -2.48. The number of carbonyl (C=O) groups excluding carboxylic acids is 1. The van der Waals surface area contributed by atoms with Crippen LogP contribution in [0.15, 0.2) is 84.9 Å². The highest BCUT2D eigenvalue weighted by atomic mass is 35.5. The van der Waals surface area contributed by atoms with Crippen molar-refractivity contribution in [3.05, 3.63) is 107 Å². The van der Waals surface area contributed by atoms with Crippen LogP contribution in [-0.2, 0) is 6.61 Å². The number of amides is 1. The van der Waals surface area contributed by atoms with Crippen LogP contribution in [0, 0.1) is 0 Å². The van der Waals surface area contributed by atoms with E-state index in [1.165, 1.54) is 5.56 Å². The van der Waals surface area contributed by atoms with Crippen molar-refractivity contribution in [1.82, 2.24) is 9.80 Å². The second-order valence-corrected chi connectivity index (χ2v) is 8.22. The number of ether oxygens (including phenoxy) is 1. The van der Waals surface area contributed by atoms with Gasteiger partial charge in [-0.25, -0.2) is 0 Å². The van der Waals surface area contributed by atoms with Gasteiger partial charge in [0, 0.05) is 48.9 Å². The van der Waals surface area contributed by atoms with Gasteiger partial charge in [-0.1, -0.05) is 78.4 Å². The topological polar surface area (TPSA) is 32.8 Å². The fourth-order valence-electron chi connectivity index (χ4n) is 3.71. The Morgan fingerprint density at radius 2 is 1.66 bits per heavy atom. The van der Waals surface area contributed by atoms with Gasteiger partial charge in [0.2, 0.25) is 0 Å². The molecule has 3 aromatic carbocycles. The van der Waals surface area contributed by atoms with E-state index in [1.54, 1.807) is 0 Å². The molecule has 32 heavy (non-hydrogen) atoms. The van der Waals surface area contributed by atoms with Crippen molar-refractivity contribution in [3.8, 4) is 5.75 Å².